The Morgan fingerprint density at radius 1 is 1.24 bits per heavy atom. The number of carboxylic acids is 1. The van der Waals surface area contributed by atoms with Gasteiger partial charge in [0.05, 0.1) is 12.6 Å². The summed E-state index contributed by atoms with van der Waals surface area (Å²) in [6.45, 7) is 0. The lowest BCUT2D eigenvalue weighted by molar-refractivity contribution is 0.0687. The first-order valence-corrected chi connectivity index (χ1v) is 7.56. The summed E-state index contributed by atoms with van der Waals surface area (Å²) in [6.07, 6.45) is 2.13. The highest BCUT2D eigenvalue weighted by Crippen LogP contribution is 2.15. The van der Waals surface area contributed by atoms with Crippen LogP contribution in [-0.4, -0.2) is 41.5 Å². The molecule has 21 heavy (non-hydrogen) atoms. The van der Waals surface area contributed by atoms with Crippen molar-refractivity contribution in [3.63, 3.8) is 0 Å². The number of hydrogen-bond acceptors (Lipinski definition) is 5. The Kier molecular flexibility index (Phi) is 3.76. The van der Waals surface area contributed by atoms with Crippen molar-refractivity contribution in [2.24, 2.45) is 0 Å². The maximum atomic E-state index is 12.1. The summed E-state index contributed by atoms with van der Waals surface area (Å²) in [6, 6.07) is 5.58. The van der Waals surface area contributed by atoms with Gasteiger partial charge >= 0.3 is 5.97 Å². The number of imidazole rings is 1. The first-order chi connectivity index (χ1) is 9.78. The second-order valence-electron chi connectivity index (χ2n) is 4.21. The van der Waals surface area contributed by atoms with Crippen LogP contribution in [0.4, 0.5) is 5.69 Å². The van der Waals surface area contributed by atoms with Crippen LogP contribution >= 0.6 is 0 Å². The molecule has 9 heteroatoms. The molecule has 0 aliphatic rings. The van der Waals surface area contributed by atoms with Gasteiger partial charge in [0.2, 0.25) is 15.8 Å². The molecule has 8 nitrogen and oxygen atoms in total. The number of carbonyl (C=O) groups excluding carboxylic acids is 1. The minimum Gasteiger partial charge on any atom is -0.477 e. The molecule has 0 aliphatic heterocycles. The van der Waals surface area contributed by atoms with Crippen molar-refractivity contribution < 1.29 is 23.1 Å². The molecule has 1 aromatic heterocycles. The van der Waals surface area contributed by atoms with Crippen LogP contribution < -0.4 is 4.72 Å². The zero-order valence-electron chi connectivity index (χ0n) is 10.8. The molecule has 0 amide bonds. The van der Waals surface area contributed by atoms with E-state index in [-0.39, 0.29) is 17.0 Å². The Morgan fingerprint density at radius 2 is 1.86 bits per heavy atom. The summed E-state index contributed by atoms with van der Waals surface area (Å²) in [4.78, 5) is 29.1. The molecule has 0 saturated carbocycles. The SMILES string of the molecule is CS(=O)(=O)Nc1ccc(C(=O)c2nc[nH]c2C(=O)O)cc1. The smallest absolute Gasteiger partial charge is 0.354 e. The number of aromatic nitrogens is 2. The van der Waals surface area contributed by atoms with Gasteiger partial charge in [0.15, 0.2) is 5.69 Å². The Balaban J connectivity index is 2.28. The fourth-order valence-corrected chi connectivity index (χ4v) is 2.23. The van der Waals surface area contributed by atoms with E-state index in [4.69, 9.17) is 5.11 Å². The zero-order valence-corrected chi connectivity index (χ0v) is 11.6. The molecular formula is C12H11N3O5S. The second kappa shape index (κ2) is 5.37. The molecule has 0 saturated heterocycles. The van der Waals surface area contributed by atoms with Gasteiger partial charge in [0.25, 0.3) is 0 Å². The van der Waals surface area contributed by atoms with Crippen LogP contribution in [0.25, 0.3) is 0 Å². The Hall–Kier alpha value is -2.68. The number of anilines is 1. The predicted molar refractivity (Wildman–Crippen MR) is 73.9 cm³/mol. The van der Waals surface area contributed by atoms with E-state index in [1.165, 1.54) is 24.3 Å². The number of aromatic carboxylic acids is 1. The van der Waals surface area contributed by atoms with Crippen LogP contribution in [0.1, 0.15) is 26.5 Å². The molecule has 2 aromatic rings. The maximum Gasteiger partial charge on any atom is 0.354 e. The third kappa shape index (κ3) is 3.45. The molecule has 0 unspecified atom stereocenters. The van der Waals surface area contributed by atoms with E-state index in [2.05, 4.69) is 14.7 Å². The molecular weight excluding hydrogens is 298 g/mol. The van der Waals surface area contributed by atoms with Gasteiger partial charge in [-0.2, -0.15) is 0 Å². The Morgan fingerprint density at radius 3 is 2.38 bits per heavy atom. The van der Waals surface area contributed by atoms with E-state index in [9.17, 15) is 18.0 Å². The molecule has 0 spiro atoms. The number of aromatic amines is 1. The first kappa shape index (κ1) is 14.7. The fourth-order valence-electron chi connectivity index (χ4n) is 1.67. The van der Waals surface area contributed by atoms with Crippen molar-refractivity contribution in [3.8, 4) is 0 Å². The van der Waals surface area contributed by atoms with E-state index < -0.39 is 21.8 Å². The Bertz CT molecular complexity index is 793. The van der Waals surface area contributed by atoms with Crippen molar-refractivity contribution in [2.45, 2.75) is 0 Å². The van der Waals surface area contributed by atoms with E-state index in [0.717, 1.165) is 12.6 Å². The summed E-state index contributed by atoms with van der Waals surface area (Å²) in [5.41, 5.74) is 0.00264. The number of nitrogens with zero attached hydrogens (tertiary/aromatic N) is 1. The lowest BCUT2D eigenvalue weighted by atomic mass is 10.1. The third-order valence-corrected chi connectivity index (χ3v) is 3.13. The highest BCUT2D eigenvalue weighted by atomic mass is 32.2. The maximum absolute atomic E-state index is 12.1. The lowest BCUT2D eigenvalue weighted by Crippen LogP contribution is -2.11. The third-order valence-electron chi connectivity index (χ3n) is 2.52. The molecule has 1 aromatic carbocycles. The molecule has 1 heterocycles. The van der Waals surface area contributed by atoms with Crippen LogP contribution in [0.15, 0.2) is 30.6 Å². The average Bonchev–Trinajstić information content (AvgIpc) is 2.86. The molecule has 0 aliphatic carbocycles. The van der Waals surface area contributed by atoms with Gasteiger partial charge < -0.3 is 10.1 Å². The van der Waals surface area contributed by atoms with Gasteiger partial charge in [-0.3, -0.25) is 9.52 Å². The second-order valence-corrected chi connectivity index (χ2v) is 5.96. The number of benzene rings is 1. The van der Waals surface area contributed by atoms with Crippen molar-refractivity contribution >= 4 is 27.5 Å². The van der Waals surface area contributed by atoms with E-state index in [1.54, 1.807) is 0 Å². The summed E-state index contributed by atoms with van der Waals surface area (Å²) < 4.78 is 24.4. The summed E-state index contributed by atoms with van der Waals surface area (Å²) in [7, 11) is -3.40. The Labute approximate surface area is 119 Å². The number of hydrogen-bond donors (Lipinski definition) is 3. The van der Waals surface area contributed by atoms with E-state index >= 15 is 0 Å². The van der Waals surface area contributed by atoms with Crippen molar-refractivity contribution in [2.75, 3.05) is 11.0 Å². The predicted octanol–water partition coefficient (Wildman–Crippen LogP) is 0.710. The quantitative estimate of drug-likeness (QED) is 0.697. The van der Waals surface area contributed by atoms with Crippen molar-refractivity contribution in [1.82, 2.24) is 9.97 Å². The lowest BCUT2D eigenvalue weighted by Gasteiger charge is -2.04. The summed E-state index contributed by atoms with van der Waals surface area (Å²) in [5, 5.41) is 8.92. The van der Waals surface area contributed by atoms with Gasteiger partial charge in [-0.1, -0.05) is 0 Å². The number of ketones is 1. The van der Waals surface area contributed by atoms with Crippen LogP contribution in [0.5, 0.6) is 0 Å². The molecule has 110 valence electrons. The number of nitrogens with one attached hydrogen (secondary N) is 2. The van der Waals surface area contributed by atoms with Gasteiger partial charge in [-0.25, -0.2) is 18.2 Å². The van der Waals surface area contributed by atoms with Gasteiger partial charge in [0.1, 0.15) is 5.69 Å². The van der Waals surface area contributed by atoms with Crippen molar-refractivity contribution in [3.05, 3.63) is 47.5 Å². The molecule has 0 atom stereocenters. The zero-order chi connectivity index (χ0) is 15.6. The first-order valence-electron chi connectivity index (χ1n) is 5.67. The number of sulfonamides is 1. The van der Waals surface area contributed by atoms with Crippen LogP contribution in [0, 0.1) is 0 Å². The highest BCUT2D eigenvalue weighted by Gasteiger charge is 2.20. The largest absolute Gasteiger partial charge is 0.477 e. The fraction of sp³-hybridized carbons (Fsp3) is 0.0833. The normalized spacial score (nSPS) is 11.1. The minimum atomic E-state index is -3.40. The van der Waals surface area contributed by atoms with Gasteiger partial charge in [-0.05, 0) is 24.3 Å². The topological polar surface area (TPSA) is 129 Å². The number of H-pyrrole nitrogens is 1. The van der Waals surface area contributed by atoms with Gasteiger partial charge in [-0.15, -0.1) is 0 Å². The molecule has 3 N–H and O–H groups in total. The van der Waals surface area contributed by atoms with Crippen LogP contribution in [0.3, 0.4) is 0 Å². The van der Waals surface area contributed by atoms with Crippen LogP contribution in [-0.2, 0) is 10.0 Å². The van der Waals surface area contributed by atoms with E-state index in [0.29, 0.717) is 5.69 Å². The molecule has 0 bridgehead atoms. The van der Waals surface area contributed by atoms with E-state index in [1.807, 2.05) is 0 Å². The average molecular weight is 309 g/mol. The molecule has 0 radical (unpaired) electrons. The van der Waals surface area contributed by atoms with Gasteiger partial charge in [0, 0.05) is 11.3 Å². The monoisotopic (exact) mass is 309 g/mol. The minimum absolute atomic E-state index is 0.198. The highest BCUT2D eigenvalue weighted by molar-refractivity contribution is 7.92. The number of carbonyl (C=O) groups is 2. The number of rotatable bonds is 5. The summed E-state index contributed by atoms with van der Waals surface area (Å²) >= 11 is 0. The standard InChI is InChI=1S/C12H11N3O5S/c1-21(19,20)15-8-4-2-7(3-5-8)11(16)9-10(12(17)18)14-6-13-9/h2-6,15H,1H3,(H,13,14)(H,17,18). The summed E-state index contributed by atoms with van der Waals surface area (Å²) in [5.74, 6) is -1.86. The van der Waals surface area contributed by atoms with Crippen LogP contribution in [0.2, 0.25) is 0 Å². The molecule has 0 fully saturated rings. The van der Waals surface area contributed by atoms with Crippen molar-refractivity contribution in [1.29, 1.82) is 0 Å². The number of carboxylic acid groups (broad SMARTS) is 1. The molecule has 2 rings (SSSR count).